The van der Waals surface area contributed by atoms with Crippen molar-refractivity contribution in [1.29, 1.82) is 0 Å². The van der Waals surface area contributed by atoms with Crippen LogP contribution in [0, 0.1) is 0 Å². The van der Waals surface area contributed by atoms with Gasteiger partial charge in [-0.1, -0.05) is 17.7 Å². The molecule has 0 radical (unpaired) electrons. The first-order valence-corrected chi connectivity index (χ1v) is 5.57. The van der Waals surface area contributed by atoms with Gasteiger partial charge in [0.2, 0.25) is 0 Å². The molecule has 0 aliphatic carbocycles. The molecule has 0 saturated heterocycles. The third-order valence-corrected chi connectivity index (χ3v) is 2.66. The van der Waals surface area contributed by atoms with E-state index in [0.29, 0.717) is 5.56 Å². The molecular weight excluding hydrogens is 271 g/mol. The Kier molecular flexibility index (Phi) is 5.25. The second-order valence-electron chi connectivity index (χ2n) is 3.69. The summed E-state index contributed by atoms with van der Waals surface area (Å²) in [4.78, 5) is 0.979. The Morgan fingerprint density at radius 1 is 1.22 bits per heavy atom. The summed E-state index contributed by atoms with van der Waals surface area (Å²) in [6.07, 6.45) is -4.36. The van der Waals surface area contributed by atoms with E-state index in [4.69, 9.17) is 21.8 Å². The molecule has 18 heavy (non-hydrogen) atoms. The van der Waals surface area contributed by atoms with Crippen molar-refractivity contribution in [2.45, 2.75) is 12.8 Å². The number of hydrogen-bond acceptors (Lipinski definition) is 3. The Balaban J connectivity index is 2.95. The number of alkyl halides is 3. The van der Waals surface area contributed by atoms with E-state index in [0.717, 1.165) is 4.90 Å². The lowest BCUT2D eigenvalue weighted by Crippen LogP contribution is -2.36. The molecule has 0 aliphatic rings. The van der Waals surface area contributed by atoms with Crippen LogP contribution in [0.15, 0.2) is 18.2 Å². The minimum atomic E-state index is -4.36. The van der Waals surface area contributed by atoms with E-state index >= 15 is 0 Å². The molecule has 2 N–H and O–H groups in total. The van der Waals surface area contributed by atoms with Gasteiger partial charge < -0.3 is 15.1 Å². The Hall–Kier alpha value is -0.980. The highest BCUT2D eigenvalue weighted by Gasteiger charge is 2.30. The number of benzene rings is 1. The SMILES string of the molecule is OCCN(CC(F)(F)F)c1ccc(CO)c(Cl)c1. The number of nitrogens with zero attached hydrogens (tertiary/aromatic N) is 1. The summed E-state index contributed by atoms with van der Waals surface area (Å²) in [5, 5.41) is 17.9. The summed E-state index contributed by atoms with van der Waals surface area (Å²) >= 11 is 5.81. The number of halogens is 4. The first-order chi connectivity index (χ1) is 8.37. The van der Waals surface area contributed by atoms with Gasteiger partial charge in [-0.3, -0.25) is 0 Å². The van der Waals surface area contributed by atoms with Gasteiger partial charge in [0.15, 0.2) is 0 Å². The van der Waals surface area contributed by atoms with Crippen molar-refractivity contribution in [3.8, 4) is 0 Å². The van der Waals surface area contributed by atoms with Crippen LogP contribution in [-0.4, -0.2) is 36.1 Å². The fraction of sp³-hybridized carbons (Fsp3) is 0.455. The quantitative estimate of drug-likeness (QED) is 0.871. The van der Waals surface area contributed by atoms with Gasteiger partial charge in [-0.2, -0.15) is 13.2 Å². The largest absolute Gasteiger partial charge is 0.405 e. The number of aliphatic hydroxyl groups excluding tert-OH is 2. The van der Waals surface area contributed by atoms with Gasteiger partial charge in [0.25, 0.3) is 0 Å². The second-order valence-corrected chi connectivity index (χ2v) is 4.10. The standard InChI is InChI=1S/C11H13ClF3NO2/c12-10-5-9(2-1-8(10)6-18)16(3-4-17)7-11(13,14)15/h1-2,5,17-18H,3-4,6-7H2. The molecule has 7 heteroatoms. The average Bonchev–Trinajstić information content (AvgIpc) is 2.26. The van der Waals surface area contributed by atoms with Crippen molar-refractivity contribution >= 4 is 17.3 Å². The molecule has 1 rings (SSSR count). The molecule has 102 valence electrons. The van der Waals surface area contributed by atoms with Gasteiger partial charge in [0.1, 0.15) is 6.54 Å². The normalized spacial score (nSPS) is 11.7. The van der Waals surface area contributed by atoms with Crippen molar-refractivity contribution < 1.29 is 23.4 Å². The third kappa shape index (κ3) is 4.36. The van der Waals surface area contributed by atoms with Gasteiger partial charge in [-0.15, -0.1) is 0 Å². The predicted octanol–water partition coefficient (Wildman–Crippen LogP) is 2.19. The lowest BCUT2D eigenvalue weighted by atomic mass is 10.2. The van der Waals surface area contributed by atoms with E-state index in [9.17, 15) is 13.2 Å². The summed E-state index contributed by atoms with van der Waals surface area (Å²) in [7, 11) is 0. The Labute approximate surface area is 107 Å². The topological polar surface area (TPSA) is 43.7 Å². The third-order valence-electron chi connectivity index (χ3n) is 2.31. The van der Waals surface area contributed by atoms with Crippen molar-refractivity contribution in [3.63, 3.8) is 0 Å². The summed E-state index contributed by atoms with van der Waals surface area (Å²) in [6, 6.07) is 4.23. The van der Waals surface area contributed by atoms with Crippen molar-refractivity contribution in [2.24, 2.45) is 0 Å². The van der Waals surface area contributed by atoms with Gasteiger partial charge in [-0.05, 0) is 17.7 Å². The number of anilines is 1. The Morgan fingerprint density at radius 2 is 1.89 bits per heavy atom. The van der Waals surface area contributed by atoms with Crippen LogP contribution >= 0.6 is 11.6 Å². The van der Waals surface area contributed by atoms with E-state index in [1.54, 1.807) is 0 Å². The maximum absolute atomic E-state index is 12.4. The van der Waals surface area contributed by atoms with Crippen LogP contribution < -0.4 is 4.90 Å². The maximum atomic E-state index is 12.4. The van der Waals surface area contributed by atoms with Crippen LogP contribution in [-0.2, 0) is 6.61 Å². The smallest absolute Gasteiger partial charge is 0.395 e. The molecule has 0 aliphatic heterocycles. The monoisotopic (exact) mass is 283 g/mol. The minimum absolute atomic E-state index is 0.145. The van der Waals surface area contributed by atoms with Crippen molar-refractivity contribution in [2.75, 3.05) is 24.6 Å². The number of hydrogen-bond donors (Lipinski definition) is 2. The Bertz CT molecular complexity index is 398. The highest BCUT2D eigenvalue weighted by Crippen LogP contribution is 2.26. The first-order valence-electron chi connectivity index (χ1n) is 5.19. The highest BCUT2D eigenvalue weighted by atomic mass is 35.5. The minimum Gasteiger partial charge on any atom is -0.395 e. The Morgan fingerprint density at radius 3 is 2.33 bits per heavy atom. The van der Waals surface area contributed by atoms with E-state index in [1.807, 2.05) is 0 Å². The molecule has 0 unspecified atom stereocenters. The van der Waals surface area contributed by atoms with E-state index < -0.39 is 19.3 Å². The van der Waals surface area contributed by atoms with Crippen molar-refractivity contribution in [3.05, 3.63) is 28.8 Å². The fourth-order valence-corrected chi connectivity index (χ4v) is 1.73. The molecule has 0 amide bonds. The molecule has 0 atom stereocenters. The molecule has 0 bridgehead atoms. The molecule has 0 heterocycles. The van der Waals surface area contributed by atoms with Crippen LogP contribution in [0.4, 0.5) is 18.9 Å². The van der Waals surface area contributed by atoms with Gasteiger partial charge in [-0.25, -0.2) is 0 Å². The molecule has 0 aromatic heterocycles. The van der Waals surface area contributed by atoms with E-state index in [1.165, 1.54) is 18.2 Å². The van der Waals surface area contributed by atoms with Gasteiger partial charge in [0, 0.05) is 17.3 Å². The van der Waals surface area contributed by atoms with Crippen molar-refractivity contribution in [1.82, 2.24) is 0 Å². The molecule has 0 spiro atoms. The fourth-order valence-electron chi connectivity index (χ4n) is 1.50. The van der Waals surface area contributed by atoms with Gasteiger partial charge in [0.05, 0.1) is 13.2 Å². The van der Waals surface area contributed by atoms with Crippen LogP contribution in [0.2, 0.25) is 5.02 Å². The predicted molar refractivity (Wildman–Crippen MR) is 62.7 cm³/mol. The summed E-state index contributed by atoms with van der Waals surface area (Å²) in [6.45, 7) is -1.98. The first kappa shape index (κ1) is 15.1. The lowest BCUT2D eigenvalue weighted by molar-refractivity contribution is -0.119. The molecule has 1 aromatic rings. The van der Waals surface area contributed by atoms with E-state index in [-0.39, 0.29) is 23.9 Å². The van der Waals surface area contributed by atoms with Crippen LogP contribution in [0.25, 0.3) is 0 Å². The maximum Gasteiger partial charge on any atom is 0.405 e. The lowest BCUT2D eigenvalue weighted by Gasteiger charge is -2.25. The molecule has 0 fully saturated rings. The van der Waals surface area contributed by atoms with Gasteiger partial charge >= 0.3 is 6.18 Å². The van der Waals surface area contributed by atoms with Crippen LogP contribution in [0.3, 0.4) is 0 Å². The zero-order chi connectivity index (χ0) is 13.8. The van der Waals surface area contributed by atoms with E-state index in [2.05, 4.69) is 0 Å². The summed E-state index contributed by atoms with van der Waals surface area (Å²) in [5.41, 5.74) is 0.694. The summed E-state index contributed by atoms with van der Waals surface area (Å²) < 4.78 is 37.1. The van der Waals surface area contributed by atoms with Crippen LogP contribution in [0.1, 0.15) is 5.56 Å². The average molecular weight is 284 g/mol. The summed E-state index contributed by atoms with van der Waals surface area (Å²) in [5.74, 6) is 0. The zero-order valence-corrected chi connectivity index (χ0v) is 10.2. The zero-order valence-electron chi connectivity index (χ0n) is 9.41. The number of aliphatic hydroxyl groups is 2. The molecule has 0 saturated carbocycles. The molecular formula is C11H13ClF3NO2. The highest BCUT2D eigenvalue weighted by molar-refractivity contribution is 6.31. The van der Waals surface area contributed by atoms with Crippen LogP contribution in [0.5, 0.6) is 0 Å². The molecule has 3 nitrogen and oxygen atoms in total. The number of rotatable bonds is 5. The second kappa shape index (κ2) is 6.26. The molecule has 1 aromatic carbocycles.